The molecule has 1 rings (SSSR count). The van der Waals surface area contributed by atoms with Crippen LogP contribution in [-0.4, -0.2) is 0 Å². The second-order valence-corrected chi connectivity index (χ2v) is 4.83. The van der Waals surface area contributed by atoms with Gasteiger partial charge in [0.15, 0.2) is 23.3 Å². The summed E-state index contributed by atoms with van der Waals surface area (Å²) in [5.74, 6) is -9.87. The first kappa shape index (κ1) is 13.9. The lowest BCUT2D eigenvalue weighted by Crippen LogP contribution is -2.29. The topological polar surface area (TPSA) is 26.0 Å². The van der Waals surface area contributed by atoms with Gasteiger partial charge in [-0.05, 0) is 5.41 Å². The number of nitrogens with two attached hydrogens (primary N) is 1. The molecule has 6 heteroatoms. The number of benzene rings is 1. The Morgan fingerprint density at radius 2 is 1.06 bits per heavy atom. The largest absolute Gasteiger partial charge is 0.323 e. The summed E-state index contributed by atoms with van der Waals surface area (Å²) >= 11 is 0. The smallest absolute Gasteiger partial charge is 0.200 e. The molecule has 0 saturated heterocycles. The highest BCUT2D eigenvalue weighted by Gasteiger charge is 2.33. The van der Waals surface area contributed by atoms with E-state index in [0.29, 0.717) is 0 Å². The van der Waals surface area contributed by atoms with E-state index in [2.05, 4.69) is 0 Å². The van der Waals surface area contributed by atoms with Gasteiger partial charge >= 0.3 is 0 Å². The summed E-state index contributed by atoms with van der Waals surface area (Å²) in [6, 6.07) is -1.30. The standard InChI is InChI=1S/C11H12F5N/c1-11(2,3)10(17)4-5(12)7(14)9(16)8(15)6(4)13/h10H,17H2,1-3H3/t10-/m1/s1. The van der Waals surface area contributed by atoms with Crippen molar-refractivity contribution < 1.29 is 22.0 Å². The van der Waals surface area contributed by atoms with Gasteiger partial charge in [-0.2, -0.15) is 0 Å². The van der Waals surface area contributed by atoms with Gasteiger partial charge in [0.1, 0.15) is 0 Å². The third kappa shape index (κ3) is 2.26. The Labute approximate surface area is 95.4 Å². The van der Waals surface area contributed by atoms with Crippen LogP contribution in [0.3, 0.4) is 0 Å². The molecule has 0 aliphatic rings. The SMILES string of the molecule is CC(C)(C)[C@H](N)c1c(F)c(F)c(F)c(F)c1F. The van der Waals surface area contributed by atoms with E-state index in [1.807, 2.05) is 0 Å². The summed E-state index contributed by atoms with van der Waals surface area (Å²) in [5.41, 5.74) is 3.71. The van der Waals surface area contributed by atoms with Crippen molar-refractivity contribution in [2.45, 2.75) is 26.8 Å². The Kier molecular flexibility index (Phi) is 3.47. The summed E-state index contributed by atoms with van der Waals surface area (Å²) in [6.45, 7) is 4.61. The zero-order valence-corrected chi connectivity index (χ0v) is 9.54. The summed E-state index contributed by atoms with van der Waals surface area (Å²) in [4.78, 5) is 0. The van der Waals surface area contributed by atoms with E-state index in [4.69, 9.17) is 5.73 Å². The summed E-state index contributed by atoms with van der Waals surface area (Å²) in [5, 5.41) is 0. The molecule has 0 amide bonds. The van der Waals surface area contributed by atoms with E-state index in [9.17, 15) is 22.0 Å². The maximum absolute atomic E-state index is 13.4. The van der Waals surface area contributed by atoms with Gasteiger partial charge in [-0.3, -0.25) is 0 Å². The minimum Gasteiger partial charge on any atom is -0.323 e. The number of hydrogen-bond donors (Lipinski definition) is 1. The van der Waals surface area contributed by atoms with E-state index in [1.165, 1.54) is 20.8 Å². The highest BCUT2D eigenvalue weighted by molar-refractivity contribution is 5.27. The molecular weight excluding hydrogens is 241 g/mol. The fraction of sp³-hybridized carbons (Fsp3) is 0.455. The molecule has 0 aliphatic carbocycles. The molecule has 0 fully saturated rings. The molecule has 0 heterocycles. The maximum atomic E-state index is 13.4. The minimum absolute atomic E-state index is 0.835. The maximum Gasteiger partial charge on any atom is 0.200 e. The Hall–Kier alpha value is -1.17. The van der Waals surface area contributed by atoms with E-state index < -0.39 is 46.1 Å². The zero-order valence-electron chi connectivity index (χ0n) is 9.54. The third-order valence-corrected chi connectivity index (χ3v) is 2.49. The van der Waals surface area contributed by atoms with Crippen LogP contribution in [0.4, 0.5) is 22.0 Å². The quantitative estimate of drug-likeness (QED) is 0.463. The lowest BCUT2D eigenvalue weighted by molar-refractivity contribution is 0.292. The summed E-state index contributed by atoms with van der Waals surface area (Å²) in [7, 11) is 0. The van der Waals surface area contributed by atoms with Gasteiger partial charge in [0, 0.05) is 11.6 Å². The van der Waals surface area contributed by atoms with Gasteiger partial charge in [-0.15, -0.1) is 0 Å². The molecule has 17 heavy (non-hydrogen) atoms. The second-order valence-electron chi connectivity index (χ2n) is 4.83. The van der Waals surface area contributed by atoms with E-state index in [-0.39, 0.29) is 0 Å². The normalized spacial score (nSPS) is 13.9. The van der Waals surface area contributed by atoms with Crippen molar-refractivity contribution in [2.75, 3.05) is 0 Å². The average Bonchev–Trinajstić information content (AvgIpc) is 2.22. The van der Waals surface area contributed by atoms with E-state index >= 15 is 0 Å². The fourth-order valence-electron chi connectivity index (χ4n) is 1.33. The monoisotopic (exact) mass is 253 g/mol. The Balaban J connectivity index is 3.55. The molecule has 96 valence electrons. The average molecular weight is 253 g/mol. The molecule has 1 atom stereocenters. The first-order valence-electron chi connectivity index (χ1n) is 4.86. The predicted molar refractivity (Wildman–Crippen MR) is 52.6 cm³/mol. The van der Waals surface area contributed by atoms with Crippen molar-refractivity contribution in [2.24, 2.45) is 11.1 Å². The molecule has 0 saturated carbocycles. The Morgan fingerprint density at radius 3 is 1.35 bits per heavy atom. The molecule has 0 spiro atoms. The zero-order chi connectivity index (χ0) is 13.5. The first-order chi connectivity index (χ1) is 7.59. The van der Waals surface area contributed by atoms with Crippen molar-refractivity contribution >= 4 is 0 Å². The van der Waals surface area contributed by atoms with Crippen LogP contribution in [0.25, 0.3) is 0 Å². The molecule has 0 bridgehead atoms. The van der Waals surface area contributed by atoms with Gasteiger partial charge in [-0.25, -0.2) is 22.0 Å². The molecule has 1 nitrogen and oxygen atoms in total. The molecule has 1 aromatic rings. The summed E-state index contributed by atoms with van der Waals surface area (Å²) in [6.07, 6.45) is 0. The summed E-state index contributed by atoms with van der Waals surface area (Å²) < 4.78 is 65.4. The van der Waals surface area contributed by atoms with Crippen LogP contribution in [0.2, 0.25) is 0 Å². The van der Waals surface area contributed by atoms with Crippen LogP contribution in [0.5, 0.6) is 0 Å². The number of hydrogen-bond acceptors (Lipinski definition) is 1. The van der Waals surface area contributed by atoms with Crippen LogP contribution in [0.15, 0.2) is 0 Å². The highest BCUT2D eigenvalue weighted by Crippen LogP contribution is 2.35. The van der Waals surface area contributed by atoms with Gasteiger partial charge in [0.05, 0.1) is 0 Å². The Morgan fingerprint density at radius 1 is 0.765 bits per heavy atom. The lowest BCUT2D eigenvalue weighted by Gasteiger charge is -2.28. The van der Waals surface area contributed by atoms with E-state index in [1.54, 1.807) is 0 Å². The number of halogens is 5. The molecular formula is C11H12F5N. The molecule has 2 N–H and O–H groups in total. The van der Waals surface area contributed by atoms with Gasteiger partial charge in [-0.1, -0.05) is 20.8 Å². The first-order valence-corrected chi connectivity index (χ1v) is 4.86. The van der Waals surface area contributed by atoms with E-state index in [0.717, 1.165) is 0 Å². The third-order valence-electron chi connectivity index (χ3n) is 2.49. The van der Waals surface area contributed by atoms with Crippen LogP contribution < -0.4 is 5.73 Å². The number of rotatable bonds is 1. The second kappa shape index (κ2) is 4.25. The van der Waals surface area contributed by atoms with Crippen molar-refractivity contribution in [3.05, 3.63) is 34.6 Å². The Bertz CT molecular complexity index is 421. The van der Waals surface area contributed by atoms with Crippen molar-refractivity contribution in [1.29, 1.82) is 0 Å². The van der Waals surface area contributed by atoms with Crippen molar-refractivity contribution in [1.82, 2.24) is 0 Å². The van der Waals surface area contributed by atoms with Gasteiger partial charge in [0.25, 0.3) is 0 Å². The van der Waals surface area contributed by atoms with Crippen LogP contribution >= 0.6 is 0 Å². The lowest BCUT2D eigenvalue weighted by atomic mass is 9.82. The van der Waals surface area contributed by atoms with Crippen LogP contribution in [-0.2, 0) is 0 Å². The molecule has 0 aliphatic heterocycles. The van der Waals surface area contributed by atoms with Crippen LogP contribution in [0.1, 0.15) is 32.4 Å². The van der Waals surface area contributed by atoms with Gasteiger partial charge in [0.2, 0.25) is 5.82 Å². The fourth-order valence-corrected chi connectivity index (χ4v) is 1.33. The molecule has 1 aromatic carbocycles. The van der Waals surface area contributed by atoms with Crippen molar-refractivity contribution in [3.63, 3.8) is 0 Å². The molecule has 0 unspecified atom stereocenters. The van der Waals surface area contributed by atoms with Crippen LogP contribution in [0, 0.1) is 34.5 Å². The molecule has 0 aromatic heterocycles. The van der Waals surface area contributed by atoms with Gasteiger partial charge < -0.3 is 5.73 Å². The highest BCUT2D eigenvalue weighted by atomic mass is 19.2. The molecule has 0 radical (unpaired) electrons. The van der Waals surface area contributed by atoms with Crippen molar-refractivity contribution in [3.8, 4) is 0 Å². The minimum atomic E-state index is -2.18. The predicted octanol–water partition coefficient (Wildman–Crippen LogP) is 3.43.